The first-order chi connectivity index (χ1) is 14.1. The summed E-state index contributed by atoms with van der Waals surface area (Å²) in [6.45, 7) is 0.614. The Morgan fingerprint density at radius 1 is 0.966 bits per heavy atom. The van der Waals surface area contributed by atoms with Gasteiger partial charge in [0.15, 0.2) is 0 Å². The van der Waals surface area contributed by atoms with Crippen LogP contribution in [-0.4, -0.2) is 10.5 Å². The minimum atomic E-state index is -0.0798. The number of amides is 1. The standard InChI is InChI=1S/C24H16Cl2N2O/c25-17-10-9-15(21(26)12-17)13-28-14-16(18-5-2-4-8-23(18)28)11-20-19-6-1-3-7-22(19)27-24(20)29/h1-12,14H,13H2,(H,27,29)/b20-11-. The van der Waals surface area contributed by atoms with Crippen LogP contribution in [0.15, 0.2) is 72.9 Å². The van der Waals surface area contributed by atoms with Crippen LogP contribution in [0.4, 0.5) is 5.69 Å². The van der Waals surface area contributed by atoms with Crippen molar-refractivity contribution < 1.29 is 4.79 Å². The molecule has 3 aromatic carbocycles. The molecule has 1 aromatic heterocycles. The summed E-state index contributed by atoms with van der Waals surface area (Å²) in [7, 11) is 0. The Morgan fingerprint density at radius 2 is 1.76 bits per heavy atom. The van der Waals surface area contributed by atoms with E-state index in [9.17, 15) is 4.79 Å². The van der Waals surface area contributed by atoms with Crippen molar-refractivity contribution in [3.05, 3.63) is 99.7 Å². The summed E-state index contributed by atoms with van der Waals surface area (Å²) in [5.74, 6) is -0.0798. The van der Waals surface area contributed by atoms with Gasteiger partial charge in [0.2, 0.25) is 0 Å². The molecule has 2 heterocycles. The van der Waals surface area contributed by atoms with Gasteiger partial charge < -0.3 is 9.88 Å². The number of anilines is 1. The molecule has 0 atom stereocenters. The summed E-state index contributed by atoms with van der Waals surface area (Å²) in [5.41, 5.74) is 5.51. The van der Waals surface area contributed by atoms with Crippen LogP contribution in [0.25, 0.3) is 22.6 Å². The molecule has 0 spiro atoms. The van der Waals surface area contributed by atoms with Gasteiger partial charge in [-0.3, -0.25) is 4.79 Å². The van der Waals surface area contributed by atoms with Gasteiger partial charge in [-0.2, -0.15) is 0 Å². The molecule has 1 aliphatic heterocycles. The van der Waals surface area contributed by atoms with Crippen LogP contribution < -0.4 is 5.32 Å². The molecule has 0 unspecified atom stereocenters. The van der Waals surface area contributed by atoms with E-state index in [4.69, 9.17) is 23.2 Å². The topological polar surface area (TPSA) is 34.0 Å². The Balaban J connectivity index is 1.62. The van der Waals surface area contributed by atoms with Crippen molar-refractivity contribution in [2.75, 3.05) is 5.32 Å². The Hall–Kier alpha value is -3.01. The van der Waals surface area contributed by atoms with E-state index in [0.29, 0.717) is 22.2 Å². The van der Waals surface area contributed by atoms with E-state index in [-0.39, 0.29) is 5.91 Å². The molecule has 4 aromatic rings. The fourth-order valence-corrected chi connectivity index (χ4v) is 4.26. The quantitative estimate of drug-likeness (QED) is 0.379. The lowest BCUT2D eigenvalue weighted by molar-refractivity contribution is -0.110. The highest BCUT2D eigenvalue weighted by molar-refractivity contribution is 6.35. The third-order valence-electron chi connectivity index (χ3n) is 5.19. The number of nitrogens with one attached hydrogen (secondary N) is 1. The first-order valence-electron chi connectivity index (χ1n) is 9.24. The Bertz CT molecular complexity index is 1300. The number of fused-ring (bicyclic) bond motifs is 2. The Morgan fingerprint density at radius 3 is 2.62 bits per heavy atom. The fourth-order valence-electron chi connectivity index (χ4n) is 3.79. The highest BCUT2D eigenvalue weighted by Crippen LogP contribution is 2.34. The second-order valence-corrected chi connectivity index (χ2v) is 7.87. The monoisotopic (exact) mass is 418 g/mol. The average Bonchev–Trinajstić information content (AvgIpc) is 3.22. The Kier molecular flexibility index (Phi) is 4.42. The normalized spacial score (nSPS) is 14.4. The van der Waals surface area contributed by atoms with Gasteiger partial charge in [-0.05, 0) is 35.9 Å². The number of para-hydroxylation sites is 2. The van der Waals surface area contributed by atoms with Crippen molar-refractivity contribution in [3.8, 4) is 0 Å². The zero-order valence-corrected chi connectivity index (χ0v) is 16.8. The van der Waals surface area contributed by atoms with Crippen molar-refractivity contribution in [1.82, 2.24) is 4.57 Å². The van der Waals surface area contributed by atoms with Crippen LogP contribution >= 0.6 is 23.2 Å². The van der Waals surface area contributed by atoms with E-state index in [1.807, 2.05) is 54.6 Å². The third-order valence-corrected chi connectivity index (χ3v) is 5.77. The number of hydrogen-bond donors (Lipinski definition) is 1. The summed E-state index contributed by atoms with van der Waals surface area (Å²) >= 11 is 12.4. The van der Waals surface area contributed by atoms with E-state index in [2.05, 4.69) is 28.2 Å². The highest BCUT2D eigenvalue weighted by atomic mass is 35.5. The summed E-state index contributed by atoms with van der Waals surface area (Å²) in [4.78, 5) is 12.5. The molecule has 0 fully saturated rings. The number of aromatic nitrogens is 1. The summed E-state index contributed by atoms with van der Waals surface area (Å²) in [6.07, 6.45) is 4.03. The van der Waals surface area contributed by atoms with Crippen LogP contribution in [0.3, 0.4) is 0 Å². The molecule has 5 heteroatoms. The second kappa shape index (κ2) is 7.11. The minimum Gasteiger partial charge on any atom is -0.342 e. The molecule has 1 N–H and O–H groups in total. The maximum atomic E-state index is 12.5. The molecule has 0 bridgehead atoms. The smallest absolute Gasteiger partial charge is 0.256 e. The predicted octanol–water partition coefficient (Wildman–Crippen LogP) is 6.49. The van der Waals surface area contributed by atoms with Crippen LogP contribution in [-0.2, 0) is 11.3 Å². The van der Waals surface area contributed by atoms with E-state index in [1.54, 1.807) is 6.07 Å². The third kappa shape index (κ3) is 3.23. The zero-order valence-electron chi connectivity index (χ0n) is 15.3. The Labute approximate surface area is 178 Å². The van der Waals surface area contributed by atoms with Crippen molar-refractivity contribution in [1.29, 1.82) is 0 Å². The SMILES string of the molecule is O=C1Nc2ccccc2/C1=C/c1cn(Cc2ccc(Cl)cc2Cl)c2ccccc12. The zero-order chi connectivity index (χ0) is 20.0. The molecular formula is C24H16Cl2N2O. The number of rotatable bonds is 3. The van der Waals surface area contributed by atoms with Gasteiger partial charge in [0.25, 0.3) is 5.91 Å². The van der Waals surface area contributed by atoms with Gasteiger partial charge in [0, 0.05) is 56.1 Å². The maximum absolute atomic E-state index is 12.5. The van der Waals surface area contributed by atoms with Crippen LogP contribution in [0.1, 0.15) is 16.7 Å². The van der Waals surface area contributed by atoms with Crippen molar-refractivity contribution in [2.24, 2.45) is 0 Å². The molecule has 0 saturated heterocycles. The van der Waals surface area contributed by atoms with Gasteiger partial charge in [-0.25, -0.2) is 0 Å². The lowest BCUT2D eigenvalue weighted by atomic mass is 10.0. The van der Waals surface area contributed by atoms with Gasteiger partial charge in [0.1, 0.15) is 0 Å². The minimum absolute atomic E-state index is 0.0798. The predicted molar refractivity (Wildman–Crippen MR) is 120 cm³/mol. The molecule has 0 saturated carbocycles. The summed E-state index contributed by atoms with van der Waals surface area (Å²) < 4.78 is 2.15. The van der Waals surface area contributed by atoms with E-state index >= 15 is 0 Å². The van der Waals surface area contributed by atoms with E-state index in [1.165, 1.54) is 0 Å². The number of carbonyl (C=O) groups is 1. The first-order valence-corrected chi connectivity index (χ1v) is 10.00. The molecule has 0 aliphatic carbocycles. The number of carbonyl (C=O) groups excluding carboxylic acids is 1. The number of nitrogens with zero attached hydrogens (tertiary/aromatic N) is 1. The lowest BCUT2D eigenvalue weighted by Crippen LogP contribution is -2.03. The van der Waals surface area contributed by atoms with Gasteiger partial charge in [-0.15, -0.1) is 0 Å². The largest absolute Gasteiger partial charge is 0.342 e. The molecule has 1 aliphatic rings. The molecule has 3 nitrogen and oxygen atoms in total. The fraction of sp³-hybridized carbons (Fsp3) is 0.0417. The van der Waals surface area contributed by atoms with Gasteiger partial charge in [-0.1, -0.05) is 65.7 Å². The van der Waals surface area contributed by atoms with Crippen LogP contribution in [0.5, 0.6) is 0 Å². The van der Waals surface area contributed by atoms with Gasteiger partial charge in [0.05, 0.1) is 0 Å². The molecule has 5 rings (SSSR count). The summed E-state index contributed by atoms with van der Waals surface area (Å²) in [5, 5.41) is 5.27. The van der Waals surface area contributed by atoms with Crippen LogP contribution in [0, 0.1) is 0 Å². The van der Waals surface area contributed by atoms with Crippen LogP contribution in [0.2, 0.25) is 10.0 Å². The van der Waals surface area contributed by atoms with E-state index < -0.39 is 0 Å². The average molecular weight is 419 g/mol. The highest BCUT2D eigenvalue weighted by Gasteiger charge is 2.24. The molecule has 29 heavy (non-hydrogen) atoms. The first kappa shape index (κ1) is 18.0. The molecule has 1 amide bonds. The van der Waals surface area contributed by atoms with Gasteiger partial charge >= 0.3 is 0 Å². The van der Waals surface area contributed by atoms with Crippen molar-refractivity contribution in [2.45, 2.75) is 6.54 Å². The molecule has 0 radical (unpaired) electrons. The number of benzene rings is 3. The van der Waals surface area contributed by atoms with Crippen molar-refractivity contribution >= 4 is 57.3 Å². The number of hydrogen-bond acceptors (Lipinski definition) is 1. The summed E-state index contributed by atoms with van der Waals surface area (Å²) in [6, 6.07) is 21.4. The lowest BCUT2D eigenvalue weighted by Gasteiger charge is -2.08. The van der Waals surface area contributed by atoms with Crippen molar-refractivity contribution in [3.63, 3.8) is 0 Å². The molecular weight excluding hydrogens is 403 g/mol. The van der Waals surface area contributed by atoms with E-state index in [0.717, 1.165) is 33.3 Å². The maximum Gasteiger partial charge on any atom is 0.256 e. The number of halogens is 2. The second-order valence-electron chi connectivity index (χ2n) is 7.02. The molecule has 142 valence electrons.